The lowest BCUT2D eigenvalue weighted by Crippen LogP contribution is -2.28. The first kappa shape index (κ1) is 12.7. The van der Waals surface area contributed by atoms with Gasteiger partial charge in [0.2, 0.25) is 0 Å². The number of rotatable bonds is 4. The number of anilines is 1. The van der Waals surface area contributed by atoms with E-state index in [-0.39, 0.29) is 0 Å². The number of hydrogen-bond donors (Lipinski definition) is 1. The minimum atomic E-state index is 0.490. The lowest BCUT2D eigenvalue weighted by atomic mass is 9.93. The van der Waals surface area contributed by atoms with E-state index < -0.39 is 0 Å². The molecule has 1 saturated heterocycles. The zero-order valence-corrected chi connectivity index (χ0v) is 11.4. The number of halogens is 1. The molecule has 0 atom stereocenters. The molecule has 0 aliphatic carbocycles. The van der Waals surface area contributed by atoms with E-state index in [1.165, 1.54) is 19.5 Å². The Kier molecular flexibility index (Phi) is 3.95. The van der Waals surface area contributed by atoms with Gasteiger partial charge in [-0.2, -0.15) is 0 Å². The van der Waals surface area contributed by atoms with Crippen molar-refractivity contribution >= 4 is 17.3 Å². The first-order valence-corrected chi connectivity index (χ1v) is 6.65. The quantitative estimate of drug-likeness (QED) is 0.883. The van der Waals surface area contributed by atoms with Gasteiger partial charge in [0.1, 0.15) is 0 Å². The maximum atomic E-state index is 6.09. The van der Waals surface area contributed by atoms with Crippen LogP contribution in [0.5, 0.6) is 0 Å². The van der Waals surface area contributed by atoms with Crippen molar-refractivity contribution < 1.29 is 0 Å². The summed E-state index contributed by atoms with van der Waals surface area (Å²) in [5.41, 5.74) is 1.53. The van der Waals surface area contributed by atoms with Crippen LogP contribution in [0.2, 0.25) is 5.02 Å². The predicted molar refractivity (Wildman–Crippen MR) is 74.8 cm³/mol. The van der Waals surface area contributed by atoms with E-state index in [1.807, 2.05) is 24.3 Å². The Morgan fingerprint density at radius 3 is 2.76 bits per heavy atom. The maximum absolute atomic E-state index is 6.09. The van der Waals surface area contributed by atoms with Crippen LogP contribution in [0.15, 0.2) is 24.3 Å². The highest BCUT2D eigenvalue weighted by molar-refractivity contribution is 6.33. The van der Waals surface area contributed by atoms with Crippen molar-refractivity contribution in [1.82, 2.24) is 4.90 Å². The van der Waals surface area contributed by atoms with Gasteiger partial charge in [0.05, 0.1) is 10.7 Å². The zero-order chi connectivity index (χ0) is 12.3. The third kappa shape index (κ3) is 3.62. The topological polar surface area (TPSA) is 15.3 Å². The van der Waals surface area contributed by atoms with E-state index in [4.69, 9.17) is 11.6 Å². The first-order chi connectivity index (χ1) is 8.07. The van der Waals surface area contributed by atoms with Gasteiger partial charge in [0.25, 0.3) is 0 Å². The number of likely N-dealkylation sites (tertiary alicyclic amines) is 1. The third-order valence-electron chi connectivity index (χ3n) is 3.37. The SMILES string of the molecule is CC1(C)CCN(CCNc2ccccc2Cl)C1. The molecule has 94 valence electrons. The number of nitrogens with zero attached hydrogens (tertiary/aromatic N) is 1. The summed E-state index contributed by atoms with van der Waals surface area (Å²) in [6, 6.07) is 7.91. The van der Waals surface area contributed by atoms with Crippen molar-refractivity contribution in [1.29, 1.82) is 0 Å². The molecule has 3 heteroatoms. The van der Waals surface area contributed by atoms with Gasteiger partial charge in [-0.1, -0.05) is 37.6 Å². The van der Waals surface area contributed by atoms with Gasteiger partial charge in [-0.25, -0.2) is 0 Å². The molecule has 0 spiro atoms. The van der Waals surface area contributed by atoms with E-state index in [9.17, 15) is 0 Å². The second-order valence-corrected chi connectivity index (χ2v) is 6.00. The minimum Gasteiger partial charge on any atom is -0.383 e. The Morgan fingerprint density at radius 2 is 2.12 bits per heavy atom. The van der Waals surface area contributed by atoms with Crippen LogP contribution < -0.4 is 5.32 Å². The molecule has 1 aliphatic heterocycles. The Labute approximate surface area is 109 Å². The van der Waals surface area contributed by atoms with E-state index in [1.54, 1.807) is 0 Å². The summed E-state index contributed by atoms with van der Waals surface area (Å²) >= 11 is 6.09. The average molecular weight is 253 g/mol. The van der Waals surface area contributed by atoms with Gasteiger partial charge < -0.3 is 10.2 Å². The molecule has 1 fully saturated rings. The largest absolute Gasteiger partial charge is 0.383 e. The molecule has 1 aromatic rings. The van der Waals surface area contributed by atoms with Crippen molar-refractivity contribution in [3.05, 3.63) is 29.3 Å². The molecule has 1 heterocycles. The van der Waals surface area contributed by atoms with Crippen LogP contribution in [0.25, 0.3) is 0 Å². The Hall–Kier alpha value is -0.730. The van der Waals surface area contributed by atoms with Gasteiger partial charge in [-0.05, 0) is 30.5 Å². The molecule has 1 N–H and O–H groups in total. The number of benzene rings is 1. The highest BCUT2D eigenvalue weighted by atomic mass is 35.5. The summed E-state index contributed by atoms with van der Waals surface area (Å²) in [6.45, 7) is 9.16. The fourth-order valence-electron chi connectivity index (χ4n) is 2.37. The van der Waals surface area contributed by atoms with Crippen molar-refractivity contribution in [2.24, 2.45) is 5.41 Å². The Balaban J connectivity index is 1.76. The van der Waals surface area contributed by atoms with E-state index in [2.05, 4.69) is 24.1 Å². The van der Waals surface area contributed by atoms with E-state index in [0.29, 0.717) is 5.41 Å². The maximum Gasteiger partial charge on any atom is 0.0637 e. The van der Waals surface area contributed by atoms with Crippen LogP contribution in [-0.4, -0.2) is 31.1 Å². The lowest BCUT2D eigenvalue weighted by Gasteiger charge is -2.20. The Morgan fingerprint density at radius 1 is 1.35 bits per heavy atom. The smallest absolute Gasteiger partial charge is 0.0637 e. The highest BCUT2D eigenvalue weighted by Crippen LogP contribution is 2.28. The van der Waals surface area contributed by atoms with Crippen molar-refractivity contribution in [2.75, 3.05) is 31.5 Å². The molecule has 0 unspecified atom stereocenters. The van der Waals surface area contributed by atoms with Gasteiger partial charge in [-0.3, -0.25) is 0 Å². The van der Waals surface area contributed by atoms with Crippen LogP contribution in [0.4, 0.5) is 5.69 Å². The molecular formula is C14H21ClN2. The van der Waals surface area contributed by atoms with Crippen LogP contribution in [-0.2, 0) is 0 Å². The summed E-state index contributed by atoms with van der Waals surface area (Å²) in [5.74, 6) is 0. The molecule has 2 rings (SSSR count). The van der Waals surface area contributed by atoms with Gasteiger partial charge in [-0.15, -0.1) is 0 Å². The molecule has 0 amide bonds. The fourth-order valence-corrected chi connectivity index (χ4v) is 2.57. The molecule has 0 radical (unpaired) electrons. The molecule has 17 heavy (non-hydrogen) atoms. The standard InChI is InChI=1S/C14H21ClN2/c1-14(2)7-9-17(11-14)10-8-16-13-6-4-3-5-12(13)15/h3-6,16H,7-11H2,1-2H3. The summed E-state index contributed by atoms with van der Waals surface area (Å²) < 4.78 is 0. The summed E-state index contributed by atoms with van der Waals surface area (Å²) in [5, 5.41) is 4.19. The molecule has 1 aromatic carbocycles. The van der Waals surface area contributed by atoms with Crippen LogP contribution in [0.1, 0.15) is 20.3 Å². The zero-order valence-electron chi connectivity index (χ0n) is 10.7. The predicted octanol–water partition coefficient (Wildman–Crippen LogP) is 3.48. The average Bonchev–Trinajstić information content (AvgIpc) is 2.61. The van der Waals surface area contributed by atoms with Crippen molar-refractivity contribution in [2.45, 2.75) is 20.3 Å². The number of para-hydroxylation sites is 1. The molecule has 0 saturated carbocycles. The van der Waals surface area contributed by atoms with Gasteiger partial charge in [0.15, 0.2) is 0 Å². The first-order valence-electron chi connectivity index (χ1n) is 6.28. The summed E-state index contributed by atoms with van der Waals surface area (Å²) in [4.78, 5) is 2.52. The molecule has 2 nitrogen and oxygen atoms in total. The lowest BCUT2D eigenvalue weighted by molar-refractivity contribution is 0.300. The van der Waals surface area contributed by atoms with Crippen LogP contribution in [0.3, 0.4) is 0 Å². The number of nitrogens with one attached hydrogen (secondary N) is 1. The fraction of sp³-hybridized carbons (Fsp3) is 0.571. The second kappa shape index (κ2) is 5.28. The van der Waals surface area contributed by atoms with E-state index >= 15 is 0 Å². The third-order valence-corrected chi connectivity index (χ3v) is 3.70. The monoisotopic (exact) mass is 252 g/mol. The normalized spacial score (nSPS) is 19.5. The Bertz CT molecular complexity index is 376. The molecule has 1 aliphatic rings. The van der Waals surface area contributed by atoms with Crippen LogP contribution >= 0.6 is 11.6 Å². The molecular weight excluding hydrogens is 232 g/mol. The van der Waals surface area contributed by atoms with Crippen LogP contribution in [0, 0.1) is 5.41 Å². The summed E-state index contributed by atoms with van der Waals surface area (Å²) in [6.07, 6.45) is 1.30. The molecule has 0 aromatic heterocycles. The minimum absolute atomic E-state index is 0.490. The molecule has 0 bridgehead atoms. The van der Waals surface area contributed by atoms with Crippen molar-refractivity contribution in [3.63, 3.8) is 0 Å². The van der Waals surface area contributed by atoms with E-state index in [0.717, 1.165) is 23.8 Å². The van der Waals surface area contributed by atoms with Gasteiger partial charge >= 0.3 is 0 Å². The highest BCUT2D eigenvalue weighted by Gasteiger charge is 2.28. The number of hydrogen-bond acceptors (Lipinski definition) is 2. The van der Waals surface area contributed by atoms with Crippen molar-refractivity contribution in [3.8, 4) is 0 Å². The van der Waals surface area contributed by atoms with Gasteiger partial charge in [0, 0.05) is 19.6 Å². The second-order valence-electron chi connectivity index (χ2n) is 5.60. The summed E-state index contributed by atoms with van der Waals surface area (Å²) in [7, 11) is 0.